The van der Waals surface area contributed by atoms with E-state index in [-0.39, 0.29) is 35.5 Å². The highest BCUT2D eigenvalue weighted by Crippen LogP contribution is 2.29. The van der Waals surface area contributed by atoms with E-state index in [9.17, 15) is 18.0 Å². The quantitative estimate of drug-likeness (QED) is 0.652. The number of likely N-dealkylation sites (N-methyl/N-ethyl adjacent to an activating group) is 1. The van der Waals surface area contributed by atoms with Crippen LogP contribution in [0.2, 0.25) is 0 Å². The number of benzene rings is 1. The van der Waals surface area contributed by atoms with Crippen LogP contribution in [0, 0.1) is 5.92 Å². The maximum absolute atomic E-state index is 12.7. The molecule has 0 spiro atoms. The Balaban J connectivity index is 1.57. The molecule has 2 saturated heterocycles. The number of carbonyl (C=O) groups excluding carboxylic acids is 2. The molecule has 166 valence electrons. The minimum Gasteiger partial charge on any atom is -0.447 e. The van der Waals surface area contributed by atoms with E-state index in [2.05, 4.69) is 13.8 Å². The van der Waals surface area contributed by atoms with Crippen LogP contribution in [-0.2, 0) is 19.6 Å². The fourth-order valence-electron chi connectivity index (χ4n) is 4.12. The van der Waals surface area contributed by atoms with E-state index in [4.69, 9.17) is 4.74 Å². The van der Waals surface area contributed by atoms with Crippen LogP contribution in [0.25, 0.3) is 0 Å². The van der Waals surface area contributed by atoms with E-state index in [0.717, 1.165) is 10.7 Å². The number of amides is 2. The van der Waals surface area contributed by atoms with Crippen molar-refractivity contribution in [3.05, 3.63) is 30.3 Å². The number of likely N-dealkylation sites (tertiary alicyclic amines) is 1. The third kappa shape index (κ3) is 4.62. The van der Waals surface area contributed by atoms with E-state index in [0.29, 0.717) is 38.5 Å². The van der Waals surface area contributed by atoms with Gasteiger partial charge in [0.15, 0.2) is 0 Å². The van der Waals surface area contributed by atoms with Gasteiger partial charge in [0.2, 0.25) is 15.9 Å². The predicted octanol–water partition coefficient (Wildman–Crippen LogP) is 2.17. The molecule has 2 unspecified atom stereocenters. The lowest BCUT2D eigenvalue weighted by Crippen LogP contribution is -2.52. The molecule has 0 aromatic heterocycles. The number of sulfonamides is 1. The molecular weight excluding hydrogens is 406 g/mol. The number of cyclic esters (lactones) is 1. The lowest BCUT2D eigenvalue weighted by molar-refractivity contribution is -0.132. The Morgan fingerprint density at radius 1 is 1.23 bits per heavy atom. The fourth-order valence-corrected chi connectivity index (χ4v) is 5.26. The maximum Gasteiger partial charge on any atom is 0.410 e. The molecule has 1 aromatic carbocycles. The van der Waals surface area contributed by atoms with Crippen molar-refractivity contribution >= 4 is 22.0 Å². The first kappa shape index (κ1) is 22.6. The molecule has 0 saturated carbocycles. The molecule has 0 N–H and O–H groups in total. The maximum atomic E-state index is 12.7. The van der Waals surface area contributed by atoms with Gasteiger partial charge in [0.25, 0.3) is 0 Å². The van der Waals surface area contributed by atoms with Crippen molar-refractivity contribution in [3.63, 3.8) is 0 Å². The van der Waals surface area contributed by atoms with Gasteiger partial charge in [0.1, 0.15) is 6.61 Å². The summed E-state index contributed by atoms with van der Waals surface area (Å²) in [6.07, 6.45) is 2.04. The van der Waals surface area contributed by atoms with Gasteiger partial charge < -0.3 is 9.64 Å². The largest absolute Gasteiger partial charge is 0.447 e. The molecule has 9 heteroatoms. The van der Waals surface area contributed by atoms with Crippen molar-refractivity contribution in [2.75, 3.05) is 33.3 Å². The highest BCUT2D eigenvalue weighted by atomic mass is 32.2. The summed E-state index contributed by atoms with van der Waals surface area (Å²) in [6.45, 7) is 5.45. The monoisotopic (exact) mass is 437 g/mol. The zero-order chi connectivity index (χ0) is 21.9. The molecule has 0 radical (unpaired) electrons. The van der Waals surface area contributed by atoms with Crippen molar-refractivity contribution < 1.29 is 22.7 Å². The lowest BCUT2D eigenvalue weighted by atomic mass is 9.95. The minimum absolute atomic E-state index is 0.0498. The van der Waals surface area contributed by atoms with Gasteiger partial charge in [0.05, 0.1) is 17.5 Å². The molecule has 2 fully saturated rings. The van der Waals surface area contributed by atoms with Gasteiger partial charge in [-0.2, -0.15) is 4.31 Å². The van der Waals surface area contributed by atoms with Crippen LogP contribution in [0.4, 0.5) is 4.79 Å². The summed E-state index contributed by atoms with van der Waals surface area (Å²) in [5.74, 6) is 0.130. The number of nitrogens with zero attached hydrogens (tertiary/aromatic N) is 3. The molecule has 8 nitrogen and oxygen atoms in total. The first-order valence-electron chi connectivity index (χ1n) is 10.5. The molecule has 0 aliphatic carbocycles. The highest BCUT2D eigenvalue weighted by molar-refractivity contribution is 7.89. The summed E-state index contributed by atoms with van der Waals surface area (Å²) in [5.41, 5.74) is 0. The molecule has 2 aliphatic heterocycles. The summed E-state index contributed by atoms with van der Waals surface area (Å²) in [6, 6.07) is 8.23. The van der Waals surface area contributed by atoms with Crippen LogP contribution in [-0.4, -0.2) is 79.9 Å². The first-order valence-corrected chi connectivity index (χ1v) is 11.9. The Labute approximate surface area is 178 Å². The second kappa shape index (κ2) is 9.34. The summed E-state index contributed by atoms with van der Waals surface area (Å²) < 4.78 is 31.7. The summed E-state index contributed by atoms with van der Waals surface area (Å²) in [4.78, 5) is 28.7. The second-order valence-electron chi connectivity index (χ2n) is 8.12. The zero-order valence-electron chi connectivity index (χ0n) is 17.9. The third-order valence-corrected chi connectivity index (χ3v) is 8.08. The van der Waals surface area contributed by atoms with Crippen LogP contribution >= 0.6 is 0 Å². The van der Waals surface area contributed by atoms with Crippen LogP contribution in [0.15, 0.2) is 35.2 Å². The molecule has 30 heavy (non-hydrogen) atoms. The molecule has 2 aliphatic rings. The highest BCUT2D eigenvalue weighted by Gasteiger charge is 2.41. The van der Waals surface area contributed by atoms with E-state index in [1.54, 1.807) is 23.1 Å². The number of ether oxygens (including phenoxy) is 1. The van der Waals surface area contributed by atoms with E-state index < -0.39 is 10.0 Å². The molecule has 2 amide bonds. The van der Waals surface area contributed by atoms with Gasteiger partial charge in [-0.05, 0) is 30.9 Å². The van der Waals surface area contributed by atoms with Crippen LogP contribution in [0.3, 0.4) is 0 Å². The standard InChI is InChI=1S/C21H31N3O5S/c1-4-16(2)19-15-29-21(26)24(19)17-10-12-23(13-11-17)20(25)14-22(3)30(27,28)18-8-6-5-7-9-18/h5-9,16-17,19H,4,10-15H2,1-3H3. The van der Waals surface area contributed by atoms with Gasteiger partial charge in [-0.25, -0.2) is 13.2 Å². The Kier molecular flexibility index (Phi) is 7.02. The average molecular weight is 438 g/mol. The van der Waals surface area contributed by atoms with Gasteiger partial charge in [-0.15, -0.1) is 0 Å². The molecule has 2 atom stereocenters. The van der Waals surface area contributed by atoms with Gasteiger partial charge in [0, 0.05) is 26.2 Å². The Morgan fingerprint density at radius 3 is 2.47 bits per heavy atom. The topological polar surface area (TPSA) is 87.2 Å². The number of hydrogen-bond acceptors (Lipinski definition) is 5. The average Bonchev–Trinajstić information content (AvgIpc) is 3.15. The summed E-state index contributed by atoms with van der Waals surface area (Å²) in [5, 5.41) is 0. The number of piperidine rings is 1. The zero-order valence-corrected chi connectivity index (χ0v) is 18.7. The van der Waals surface area contributed by atoms with Crippen molar-refractivity contribution in [1.82, 2.24) is 14.1 Å². The number of rotatable bonds is 7. The number of hydrogen-bond donors (Lipinski definition) is 0. The smallest absolute Gasteiger partial charge is 0.410 e. The molecule has 1 aromatic rings. The Morgan fingerprint density at radius 2 is 1.87 bits per heavy atom. The predicted molar refractivity (Wildman–Crippen MR) is 112 cm³/mol. The molecule has 3 rings (SSSR count). The van der Waals surface area contributed by atoms with Crippen molar-refractivity contribution in [2.24, 2.45) is 5.92 Å². The van der Waals surface area contributed by atoms with Crippen molar-refractivity contribution in [3.8, 4) is 0 Å². The molecule has 0 bridgehead atoms. The van der Waals surface area contributed by atoms with Crippen molar-refractivity contribution in [2.45, 2.75) is 50.1 Å². The molecule has 2 heterocycles. The van der Waals surface area contributed by atoms with Gasteiger partial charge in [-0.3, -0.25) is 9.69 Å². The first-order chi connectivity index (χ1) is 14.3. The Hall–Kier alpha value is -2.13. The normalized spacial score (nSPS) is 21.7. The fraction of sp³-hybridized carbons (Fsp3) is 0.619. The summed E-state index contributed by atoms with van der Waals surface area (Å²) >= 11 is 0. The van der Waals surface area contributed by atoms with Gasteiger partial charge in [-0.1, -0.05) is 38.5 Å². The van der Waals surface area contributed by atoms with Crippen molar-refractivity contribution in [1.29, 1.82) is 0 Å². The van der Waals surface area contributed by atoms with E-state index in [1.807, 2.05) is 4.90 Å². The molecular formula is C21H31N3O5S. The van der Waals surface area contributed by atoms with E-state index >= 15 is 0 Å². The second-order valence-corrected chi connectivity index (χ2v) is 10.2. The number of carbonyl (C=O) groups is 2. The van der Waals surface area contributed by atoms with Crippen LogP contribution in [0.5, 0.6) is 0 Å². The lowest BCUT2D eigenvalue weighted by Gasteiger charge is -2.39. The Bertz CT molecular complexity index is 853. The minimum atomic E-state index is -3.71. The van der Waals surface area contributed by atoms with Crippen LogP contribution < -0.4 is 0 Å². The van der Waals surface area contributed by atoms with E-state index in [1.165, 1.54) is 19.2 Å². The summed E-state index contributed by atoms with van der Waals surface area (Å²) in [7, 11) is -2.29. The van der Waals surface area contributed by atoms with Crippen LogP contribution in [0.1, 0.15) is 33.1 Å². The van der Waals surface area contributed by atoms with Gasteiger partial charge >= 0.3 is 6.09 Å². The SMILES string of the molecule is CCC(C)C1COC(=O)N1C1CCN(C(=O)CN(C)S(=O)(=O)c2ccccc2)CC1. The third-order valence-electron chi connectivity index (χ3n) is 6.27.